The molecule has 3 aromatic heterocycles. The minimum Gasteiger partial charge on any atom is -0.488 e. The van der Waals surface area contributed by atoms with Crippen LogP contribution >= 0.6 is 0 Å². The van der Waals surface area contributed by atoms with Crippen molar-refractivity contribution in [3.8, 4) is 17.2 Å². The van der Waals surface area contributed by atoms with E-state index in [1.54, 1.807) is 24.4 Å². The normalized spacial score (nSPS) is 15.7. The maximum Gasteiger partial charge on any atom is 0.246 e. The van der Waals surface area contributed by atoms with Crippen LogP contribution in [0.25, 0.3) is 16.6 Å². The van der Waals surface area contributed by atoms with Gasteiger partial charge in [-0.2, -0.15) is 5.10 Å². The Morgan fingerprint density at radius 3 is 2.77 bits per heavy atom. The quantitative estimate of drug-likeness (QED) is 0.242. The zero-order valence-corrected chi connectivity index (χ0v) is 26.5. The molecule has 0 spiro atoms. The molecule has 244 valence electrons. The Balaban J connectivity index is 0.00000190. The lowest BCUT2D eigenvalue weighted by Gasteiger charge is -2.45. The van der Waals surface area contributed by atoms with Crippen LogP contribution in [0.15, 0.2) is 67.4 Å². The van der Waals surface area contributed by atoms with Crippen molar-refractivity contribution in [2.75, 3.05) is 57.1 Å². The highest BCUT2D eigenvalue weighted by Crippen LogP contribution is 2.43. The fourth-order valence-electron chi connectivity index (χ4n) is 5.56. The van der Waals surface area contributed by atoms with Gasteiger partial charge in [0.1, 0.15) is 30.8 Å². The molecule has 47 heavy (non-hydrogen) atoms. The van der Waals surface area contributed by atoms with Gasteiger partial charge in [-0.25, -0.2) is 28.2 Å². The number of aromatic nitrogens is 5. The molecule has 0 saturated carbocycles. The summed E-state index contributed by atoms with van der Waals surface area (Å²) in [4.78, 5) is 31.6. The monoisotopic (exact) mass is 643 g/mol. The second kappa shape index (κ2) is 13.5. The van der Waals surface area contributed by atoms with Gasteiger partial charge in [0.05, 0.1) is 28.3 Å². The van der Waals surface area contributed by atoms with E-state index in [0.717, 1.165) is 17.8 Å². The first-order valence-electron chi connectivity index (χ1n) is 15.3. The second-order valence-corrected chi connectivity index (χ2v) is 11.1. The molecule has 5 aromatic rings. The lowest BCUT2D eigenvalue weighted by molar-refractivity contribution is -0.127. The zero-order valence-electron chi connectivity index (χ0n) is 26.5. The fraction of sp³-hybridized carbons (Fsp3) is 0.303. The molecule has 1 unspecified atom stereocenters. The first-order valence-corrected chi connectivity index (χ1v) is 15.3. The van der Waals surface area contributed by atoms with Gasteiger partial charge in [-0.15, -0.1) is 0 Å². The maximum atomic E-state index is 15.3. The van der Waals surface area contributed by atoms with E-state index in [4.69, 9.17) is 9.47 Å². The van der Waals surface area contributed by atoms with E-state index in [2.05, 4.69) is 30.3 Å². The number of pyridine rings is 1. The van der Waals surface area contributed by atoms with Crippen molar-refractivity contribution in [2.24, 2.45) is 0 Å². The highest BCUT2D eigenvalue weighted by Gasteiger charge is 2.35. The summed E-state index contributed by atoms with van der Waals surface area (Å²) >= 11 is 0. The maximum absolute atomic E-state index is 15.3. The van der Waals surface area contributed by atoms with Gasteiger partial charge in [-0.1, -0.05) is 19.9 Å². The summed E-state index contributed by atoms with van der Waals surface area (Å²) in [5, 5.41) is 7.48. The predicted molar refractivity (Wildman–Crippen MR) is 174 cm³/mol. The highest BCUT2D eigenvalue weighted by atomic mass is 19.1. The Labute approximate surface area is 270 Å². The summed E-state index contributed by atoms with van der Waals surface area (Å²) in [5.41, 5.74) is 1.77. The Hall–Kier alpha value is -5.37. The van der Waals surface area contributed by atoms with E-state index in [9.17, 15) is 4.79 Å². The number of ether oxygens (including phenoxy) is 2. The highest BCUT2D eigenvalue weighted by molar-refractivity contribution is 6.00. The fourth-order valence-corrected chi connectivity index (χ4v) is 5.56. The summed E-state index contributed by atoms with van der Waals surface area (Å²) in [6.45, 7) is 6.71. The van der Waals surface area contributed by atoms with Gasteiger partial charge in [0.25, 0.3) is 0 Å². The molecule has 0 aliphatic carbocycles. The molecule has 14 heteroatoms. The smallest absolute Gasteiger partial charge is 0.246 e. The topological polar surface area (TPSA) is 113 Å². The lowest BCUT2D eigenvalue weighted by atomic mass is 10.1. The number of anilines is 3. The van der Waals surface area contributed by atoms with E-state index in [1.807, 2.05) is 56.0 Å². The largest absolute Gasteiger partial charge is 0.488 e. The van der Waals surface area contributed by atoms with Gasteiger partial charge in [0.15, 0.2) is 28.8 Å². The first-order chi connectivity index (χ1) is 22.8. The number of amides is 1. The van der Waals surface area contributed by atoms with Crippen LogP contribution < -0.4 is 19.7 Å². The van der Waals surface area contributed by atoms with Crippen LogP contribution in [0.5, 0.6) is 17.2 Å². The third kappa shape index (κ3) is 6.49. The van der Waals surface area contributed by atoms with Crippen molar-refractivity contribution >= 4 is 39.6 Å². The molecule has 1 amide bonds. The van der Waals surface area contributed by atoms with Crippen LogP contribution in [0.1, 0.15) is 13.8 Å². The number of rotatable bonds is 7. The van der Waals surface area contributed by atoms with Crippen LogP contribution in [-0.2, 0) is 4.79 Å². The number of piperazine rings is 1. The third-order valence-electron chi connectivity index (χ3n) is 7.74. The van der Waals surface area contributed by atoms with Crippen molar-refractivity contribution < 1.29 is 23.0 Å². The van der Waals surface area contributed by atoms with Crippen LogP contribution in [-0.4, -0.2) is 93.2 Å². The number of carbonyl (C=O) groups is 1. The molecule has 1 fully saturated rings. The Bertz CT molecular complexity index is 1950. The second-order valence-electron chi connectivity index (χ2n) is 11.1. The van der Waals surface area contributed by atoms with Crippen LogP contribution in [0.3, 0.4) is 0 Å². The van der Waals surface area contributed by atoms with Gasteiger partial charge in [0.2, 0.25) is 5.91 Å². The SMILES string of the molecule is CC.CN(C)C/C=C/C(=O)N1CCN2c3ccc4ncnc(Nc5cc(F)c(Oc6ccn7ncnc7c6)cc5F)c4c3OCC2C1. The average molecular weight is 644 g/mol. The molecule has 2 aliphatic heterocycles. The summed E-state index contributed by atoms with van der Waals surface area (Å²) in [7, 11) is 3.90. The van der Waals surface area contributed by atoms with Crippen molar-refractivity contribution in [1.29, 1.82) is 0 Å². The van der Waals surface area contributed by atoms with Crippen molar-refractivity contribution in [2.45, 2.75) is 19.9 Å². The first kappa shape index (κ1) is 31.6. The number of nitrogens with one attached hydrogen (secondary N) is 1. The Kier molecular flexibility index (Phi) is 9.11. The third-order valence-corrected chi connectivity index (χ3v) is 7.74. The number of fused-ring (bicyclic) bond motifs is 6. The number of likely N-dealkylation sites (N-methyl/N-ethyl adjacent to an activating group) is 1. The van der Waals surface area contributed by atoms with E-state index >= 15 is 8.78 Å². The van der Waals surface area contributed by atoms with E-state index in [0.29, 0.717) is 55.1 Å². The molecule has 5 heterocycles. The molecule has 1 saturated heterocycles. The molecular formula is C33H35F2N9O3. The van der Waals surface area contributed by atoms with Crippen LogP contribution in [0, 0.1) is 11.6 Å². The predicted octanol–water partition coefficient (Wildman–Crippen LogP) is 5.04. The molecular weight excluding hydrogens is 608 g/mol. The molecule has 2 aromatic carbocycles. The van der Waals surface area contributed by atoms with Gasteiger partial charge in [0, 0.05) is 56.7 Å². The molecule has 7 rings (SSSR count). The molecule has 12 nitrogen and oxygen atoms in total. The summed E-state index contributed by atoms with van der Waals surface area (Å²) < 4.78 is 43.9. The van der Waals surface area contributed by atoms with Crippen LogP contribution in [0.4, 0.5) is 26.0 Å². The van der Waals surface area contributed by atoms with Crippen molar-refractivity contribution in [1.82, 2.24) is 34.4 Å². The van der Waals surface area contributed by atoms with Crippen LogP contribution in [0.2, 0.25) is 0 Å². The Morgan fingerprint density at radius 1 is 1.09 bits per heavy atom. The summed E-state index contributed by atoms with van der Waals surface area (Å²) in [6, 6.07) is 8.87. The average Bonchev–Trinajstić information content (AvgIpc) is 3.55. The number of carbonyl (C=O) groups excluding carboxylic acids is 1. The summed E-state index contributed by atoms with van der Waals surface area (Å²) in [6.07, 6.45) is 7.82. The minimum absolute atomic E-state index is 0.0252. The van der Waals surface area contributed by atoms with E-state index in [-0.39, 0.29) is 35.0 Å². The summed E-state index contributed by atoms with van der Waals surface area (Å²) in [5.74, 6) is -0.739. The molecule has 0 radical (unpaired) electrons. The molecule has 1 atom stereocenters. The van der Waals surface area contributed by atoms with E-state index in [1.165, 1.54) is 17.2 Å². The number of halogens is 2. The zero-order chi connectivity index (χ0) is 33.1. The minimum atomic E-state index is -0.774. The standard InChI is InChI=1S/C31H29F2N9O3.C2H6/c1-39(2)8-3-4-28(43)40-10-11-41-19(15-40)16-44-30-25(41)6-5-23-29(30)31(36-17-34-23)38-24-13-22(33)26(14-21(24)32)45-20-7-9-42-27(12-20)35-18-37-42;1-2/h3-7,9,12-14,17-19H,8,10-11,15-16H2,1-2H3,(H,34,36,38);1-2H3/b4-3+;. The van der Waals surface area contributed by atoms with Gasteiger partial charge >= 0.3 is 0 Å². The number of hydrogen-bond donors (Lipinski definition) is 1. The lowest BCUT2D eigenvalue weighted by Crippen LogP contribution is -2.58. The number of nitrogens with zero attached hydrogens (tertiary/aromatic N) is 8. The molecule has 2 aliphatic rings. The van der Waals surface area contributed by atoms with E-state index < -0.39 is 11.6 Å². The number of benzene rings is 2. The number of hydrogen-bond acceptors (Lipinski definition) is 10. The molecule has 0 bridgehead atoms. The van der Waals surface area contributed by atoms with Crippen molar-refractivity contribution in [3.05, 3.63) is 79.0 Å². The van der Waals surface area contributed by atoms with Gasteiger partial charge in [-0.05, 0) is 32.3 Å². The van der Waals surface area contributed by atoms with Gasteiger partial charge < -0.3 is 29.5 Å². The van der Waals surface area contributed by atoms with Crippen molar-refractivity contribution in [3.63, 3.8) is 0 Å². The van der Waals surface area contributed by atoms with Gasteiger partial charge in [-0.3, -0.25) is 4.79 Å². The Morgan fingerprint density at radius 2 is 1.94 bits per heavy atom. The molecule has 1 N–H and O–H groups in total.